The van der Waals surface area contributed by atoms with Crippen LogP contribution in [0.25, 0.3) is 22.0 Å². The van der Waals surface area contributed by atoms with E-state index < -0.39 is 13.8 Å². The summed E-state index contributed by atoms with van der Waals surface area (Å²) in [5, 5.41) is 1.60. The van der Waals surface area contributed by atoms with Gasteiger partial charge >= 0.3 is 0 Å². The van der Waals surface area contributed by atoms with Crippen LogP contribution in [0.1, 0.15) is 18.0 Å². The van der Waals surface area contributed by atoms with E-state index in [1.807, 2.05) is 37.4 Å². The Morgan fingerprint density at radius 1 is 1.20 bits per heavy atom. The summed E-state index contributed by atoms with van der Waals surface area (Å²) in [5.41, 5.74) is 3.70. The number of aromatic nitrogens is 1. The number of nitrogens with zero attached hydrogens (tertiary/aromatic N) is 1. The molecule has 1 aromatic heterocycles. The highest BCUT2D eigenvalue weighted by molar-refractivity contribution is 5.90. The van der Waals surface area contributed by atoms with Crippen molar-refractivity contribution in [3.63, 3.8) is 0 Å². The van der Waals surface area contributed by atoms with Gasteiger partial charge in [0.25, 0.3) is 0 Å². The van der Waals surface area contributed by atoms with E-state index >= 15 is 0 Å². The maximum atomic E-state index is 7.67. The van der Waals surface area contributed by atoms with Crippen LogP contribution in [-0.2, 0) is 13.0 Å². The van der Waals surface area contributed by atoms with Gasteiger partial charge in [-0.2, -0.15) is 4.57 Å². The molecule has 0 spiro atoms. The first-order valence-electron chi connectivity index (χ1n) is 10.3. The van der Waals surface area contributed by atoms with E-state index in [2.05, 4.69) is 4.57 Å². The average molecular weight is 340 g/mol. The fraction of sp³-hybridized carbons (Fsp3) is 0.238. The molecule has 0 bridgehead atoms. The fourth-order valence-electron chi connectivity index (χ4n) is 3.55. The van der Waals surface area contributed by atoms with Crippen LogP contribution in [0.2, 0.25) is 0 Å². The molecule has 0 saturated carbocycles. The van der Waals surface area contributed by atoms with Crippen molar-refractivity contribution in [2.24, 2.45) is 0 Å². The van der Waals surface area contributed by atoms with Gasteiger partial charge in [0.2, 0.25) is 12.4 Å². The lowest BCUT2D eigenvalue weighted by Gasteiger charge is -2.17. The number of hydrogen-bond acceptors (Lipinski definition) is 3. The van der Waals surface area contributed by atoms with Gasteiger partial charge in [-0.05, 0) is 35.6 Å². The smallest absolute Gasteiger partial charge is 0.231 e. The predicted octanol–water partition coefficient (Wildman–Crippen LogP) is 3.85. The van der Waals surface area contributed by atoms with E-state index in [0.29, 0.717) is 23.8 Å². The summed E-state index contributed by atoms with van der Waals surface area (Å²) in [5.74, 6) is 1.15. The van der Waals surface area contributed by atoms with Gasteiger partial charge in [-0.3, -0.25) is 0 Å². The number of fused-ring (bicyclic) bond motifs is 5. The molecule has 0 saturated heterocycles. The number of pyridine rings is 1. The molecule has 0 amide bonds. The summed E-state index contributed by atoms with van der Waals surface area (Å²) in [7, 11) is -2.52. The minimum atomic E-state index is -2.52. The van der Waals surface area contributed by atoms with Gasteiger partial charge in [0, 0.05) is 12.5 Å². The summed E-state index contributed by atoms with van der Waals surface area (Å²) in [6, 6.07) is 9.42. The molecule has 0 fully saturated rings. The normalized spacial score (nSPS) is 19.3. The standard InChI is InChI=1S/C20H18NO3.CH3/c1-12-3-4-13-7-17-15-9-19-18(23-11-24-19)8-14(15)5-6-21(17)10-16(13)20(12)22-2;/h3-4,7-10H,5-6,11H2,1-2H3;1H3/q+1;-1/i2D3,11D2;. The number of ether oxygens (including phenoxy) is 3. The van der Waals surface area contributed by atoms with Crippen molar-refractivity contribution in [3.05, 3.63) is 55.1 Å². The van der Waals surface area contributed by atoms with Crippen molar-refractivity contribution in [2.75, 3.05) is 13.8 Å². The topological polar surface area (TPSA) is 31.6 Å². The Hall–Kier alpha value is -2.75. The van der Waals surface area contributed by atoms with Crippen LogP contribution in [0.4, 0.5) is 0 Å². The molecular formula is C21H21NO3. The molecule has 25 heavy (non-hydrogen) atoms. The lowest BCUT2D eigenvalue weighted by atomic mass is 9.95. The van der Waals surface area contributed by atoms with Gasteiger partial charge < -0.3 is 21.6 Å². The largest absolute Gasteiger partial charge is 0.496 e. The maximum absolute atomic E-state index is 7.67. The van der Waals surface area contributed by atoms with Crippen LogP contribution in [0, 0.1) is 14.4 Å². The SMILES string of the molecule is [2H]C([2H])([2H])Oc1c(C)ccc2cc3[n+](cc12)CCc1cc2c(cc1-3)OC([2H])([2H])O2.[CH3-]. The van der Waals surface area contributed by atoms with Crippen molar-refractivity contribution in [2.45, 2.75) is 19.9 Å². The Kier molecular flexibility index (Phi) is 2.48. The zero-order valence-electron chi connectivity index (χ0n) is 19.1. The second kappa shape index (κ2) is 5.66. The molecule has 4 heteroatoms. The molecule has 0 radical (unpaired) electrons. The van der Waals surface area contributed by atoms with Gasteiger partial charge in [0.1, 0.15) is 8.49 Å². The van der Waals surface area contributed by atoms with E-state index in [-0.39, 0.29) is 7.43 Å². The molecule has 3 aromatic rings. The van der Waals surface area contributed by atoms with Crippen LogP contribution in [0.5, 0.6) is 17.2 Å². The minimum absolute atomic E-state index is 0. The average Bonchev–Trinajstić information content (AvgIpc) is 2.93. The second-order valence-electron chi connectivity index (χ2n) is 6.16. The van der Waals surface area contributed by atoms with E-state index in [9.17, 15) is 0 Å². The van der Waals surface area contributed by atoms with Crippen molar-refractivity contribution in [1.82, 2.24) is 0 Å². The highest BCUT2D eigenvalue weighted by Gasteiger charge is 2.28. The number of hydrogen-bond donors (Lipinski definition) is 0. The summed E-state index contributed by atoms with van der Waals surface area (Å²) in [4.78, 5) is 0. The molecule has 2 aliphatic rings. The van der Waals surface area contributed by atoms with Gasteiger partial charge in [-0.15, -0.1) is 0 Å². The number of methoxy groups -OCH3 is 1. The predicted molar refractivity (Wildman–Crippen MR) is 97.1 cm³/mol. The lowest BCUT2D eigenvalue weighted by molar-refractivity contribution is -0.686. The van der Waals surface area contributed by atoms with Crippen LogP contribution in [-0.4, -0.2) is 13.8 Å². The highest BCUT2D eigenvalue weighted by atomic mass is 16.7. The Labute approximate surface area is 154 Å². The maximum Gasteiger partial charge on any atom is 0.231 e. The molecule has 2 aliphatic heterocycles. The van der Waals surface area contributed by atoms with E-state index in [0.717, 1.165) is 39.6 Å². The van der Waals surface area contributed by atoms with Crippen molar-refractivity contribution < 1.29 is 25.6 Å². The van der Waals surface area contributed by atoms with Crippen molar-refractivity contribution in [1.29, 1.82) is 0 Å². The van der Waals surface area contributed by atoms with Gasteiger partial charge in [0.05, 0.1) is 22.1 Å². The molecule has 3 heterocycles. The van der Waals surface area contributed by atoms with Gasteiger partial charge in [-0.1, -0.05) is 12.1 Å². The molecule has 4 nitrogen and oxygen atoms in total. The first kappa shape index (κ1) is 11.0. The molecule has 0 N–H and O–H groups in total. The minimum Gasteiger partial charge on any atom is -0.496 e. The third-order valence-electron chi connectivity index (χ3n) is 4.79. The van der Waals surface area contributed by atoms with Crippen molar-refractivity contribution >= 4 is 10.8 Å². The summed E-state index contributed by atoms with van der Waals surface area (Å²) in [6.07, 6.45) is 2.66. The first-order chi connectivity index (χ1) is 13.6. The Morgan fingerprint density at radius 3 is 2.88 bits per heavy atom. The summed E-state index contributed by atoms with van der Waals surface area (Å²) < 4.78 is 55.6. The monoisotopic (exact) mass is 340 g/mol. The molecule has 5 rings (SSSR count). The number of aryl methyl sites for hydroxylation is 3. The van der Waals surface area contributed by atoms with E-state index in [4.69, 9.17) is 21.1 Å². The molecular weight excluding hydrogens is 314 g/mol. The summed E-state index contributed by atoms with van der Waals surface area (Å²) >= 11 is 0. The molecule has 128 valence electrons. The van der Waals surface area contributed by atoms with Crippen LogP contribution in [0.15, 0.2) is 36.5 Å². The van der Waals surface area contributed by atoms with Crippen LogP contribution >= 0.6 is 0 Å². The number of rotatable bonds is 1. The summed E-state index contributed by atoms with van der Waals surface area (Å²) in [6.45, 7) is 0.366. The molecule has 0 atom stereocenters. The first-order valence-corrected chi connectivity index (χ1v) is 7.81. The van der Waals surface area contributed by atoms with E-state index in [1.165, 1.54) is 0 Å². The lowest BCUT2D eigenvalue weighted by Crippen LogP contribution is -2.40. The fourth-order valence-corrected chi connectivity index (χ4v) is 3.55. The molecule has 0 unspecified atom stereocenters. The highest BCUT2D eigenvalue weighted by Crippen LogP contribution is 2.40. The van der Waals surface area contributed by atoms with Crippen LogP contribution in [0.3, 0.4) is 0 Å². The number of benzene rings is 2. The molecule has 0 aliphatic carbocycles. The third kappa shape index (κ3) is 2.24. The van der Waals surface area contributed by atoms with Crippen LogP contribution < -0.4 is 18.8 Å². The van der Waals surface area contributed by atoms with Gasteiger partial charge in [0.15, 0.2) is 24.2 Å². The Bertz CT molecular complexity index is 1170. The second-order valence-corrected chi connectivity index (χ2v) is 6.16. The zero-order valence-corrected chi connectivity index (χ0v) is 14.1. The molecule has 2 aromatic carbocycles. The zero-order chi connectivity index (χ0) is 20.6. The third-order valence-corrected chi connectivity index (χ3v) is 4.79. The Balaban J connectivity index is 0.00000218. The van der Waals surface area contributed by atoms with E-state index in [1.54, 1.807) is 6.07 Å². The Morgan fingerprint density at radius 2 is 2.04 bits per heavy atom. The van der Waals surface area contributed by atoms with Crippen molar-refractivity contribution in [3.8, 4) is 28.5 Å². The van der Waals surface area contributed by atoms with Gasteiger partial charge in [-0.25, -0.2) is 0 Å². The quantitative estimate of drug-likeness (QED) is 0.498.